The zero-order valence-electron chi connectivity index (χ0n) is 17.4. The van der Waals surface area contributed by atoms with Crippen LogP contribution in [0, 0.1) is 0 Å². The molecule has 0 aromatic rings. The standard InChI is InChI=1S/C18H38O10/c1-11(19)6-24-16(17(25-7-12(2)20)26-8-13(3)21)18(27-9-14(4)22)28-10-15(5)23/h11-23H,6-10H2,1-5H3. The van der Waals surface area contributed by atoms with Gasteiger partial charge in [-0.05, 0) is 34.6 Å². The number of hydrogen-bond donors (Lipinski definition) is 5. The van der Waals surface area contributed by atoms with Crippen molar-refractivity contribution in [3.63, 3.8) is 0 Å². The summed E-state index contributed by atoms with van der Waals surface area (Å²) >= 11 is 0. The first-order valence-electron chi connectivity index (χ1n) is 9.51. The van der Waals surface area contributed by atoms with E-state index >= 15 is 0 Å². The summed E-state index contributed by atoms with van der Waals surface area (Å²) in [7, 11) is 0. The van der Waals surface area contributed by atoms with Crippen LogP contribution in [0.15, 0.2) is 0 Å². The van der Waals surface area contributed by atoms with E-state index in [1.54, 1.807) is 0 Å². The molecule has 5 N–H and O–H groups in total. The first kappa shape index (κ1) is 27.6. The van der Waals surface area contributed by atoms with Crippen molar-refractivity contribution in [2.24, 2.45) is 0 Å². The van der Waals surface area contributed by atoms with E-state index in [9.17, 15) is 25.5 Å². The van der Waals surface area contributed by atoms with E-state index in [0.29, 0.717) is 0 Å². The van der Waals surface area contributed by atoms with Gasteiger partial charge in [0.25, 0.3) is 0 Å². The van der Waals surface area contributed by atoms with Crippen molar-refractivity contribution < 1.29 is 49.2 Å². The van der Waals surface area contributed by atoms with Crippen molar-refractivity contribution in [3.8, 4) is 0 Å². The lowest BCUT2D eigenvalue weighted by atomic mass is 10.3. The smallest absolute Gasteiger partial charge is 0.188 e. The summed E-state index contributed by atoms with van der Waals surface area (Å²) in [5.41, 5.74) is 0. The van der Waals surface area contributed by atoms with E-state index < -0.39 is 49.2 Å². The Hall–Kier alpha value is -0.400. The van der Waals surface area contributed by atoms with Gasteiger partial charge in [0.05, 0.1) is 63.6 Å². The molecule has 0 saturated heterocycles. The Kier molecular flexibility index (Phi) is 15.2. The molecule has 10 heteroatoms. The predicted molar refractivity (Wildman–Crippen MR) is 99.5 cm³/mol. The molecule has 0 fully saturated rings. The van der Waals surface area contributed by atoms with Crippen LogP contribution in [0.3, 0.4) is 0 Å². The molecule has 0 saturated carbocycles. The average molecular weight is 414 g/mol. The van der Waals surface area contributed by atoms with Gasteiger partial charge in [0.15, 0.2) is 18.7 Å². The van der Waals surface area contributed by atoms with Crippen LogP contribution >= 0.6 is 0 Å². The van der Waals surface area contributed by atoms with E-state index in [-0.39, 0.29) is 33.0 Å². The molecule has 170 valence electrons. The molecule has 0 amide bonds. The number of rotatable bonds is 17. The summed E-state index contributed by atoms with van der Waals surface area (Å²) in [6.07, 6.45) is -7.21. The van der Waals surface area contributed by atoms with Crippen LogP contribution in [-0.2, 0) is 23.7 Å². The van der Waals surface area contributed by atoms with Gasteiger partial charge in [0.1, 0.15) is 0 Å². The van der Waals surface area contributed by atoms with Crippen molar-refractivity contribution in [2.75, 3.05) is 33.0 Å². The Morgan fingerprint density at radius 3 is 0.857 bits per heavy atom. The molecular formula is C18H38O10. The van der Waals surface area contributed by atoms with Gasteiger partial charge in [-0.1, -0.05) is 0 Å². The van der Waals surface area contributed by atoms with Crippen molar-refractivity contribution in [2.45, 2.75) is 83.8 Å². The Balaban J connectivity index is 5.46. The van der Waals surface area contributed by atoms with E-state index in [1.165, 1.54) is 34.6 Å². The summed E-state index contributed by atoms with van der Waals surface area (Å²) in [5, 5.41) is 47.7. The zero-order chi connectivity index (χ0) is 21.7. The average Bonchev–Trinajstić information content (AvgIpc) is 2.56. The van der Waals surface area contributed by atoms with Crippen LogP contribution in [0.25, 0.3) is 0 Å². The quantitative estimate of drug-likeness (QED) is 0.188. The van der Waals surface area contributed by atoms with Gasteiger partial charge in [-0.25, -0.2) is 0 Å². The monoisotopic (exact) mass is 414 g/mol. The minimum absolute atomic E-state index is 0.0848. The molecule has 0 aromatic carbocycles. The van der Waals surface area contributed by atoms with Crippen LogP contribution in [-0.4, -0.2) is 108 Å². The van der Waals surface area contributed by atoms with Crippen LogP contribution in [0.5, 0.6) is 0 Å². The van der Waals surface area contributed by atoms with E-state index in [0.717, 1.165) is 0 Å². The predicted octanol–water partition coefficient (Wildman–Crippen LogP) is -1.01. The van der Waals surface area contributed by atoms with E-state index in [1.807, 2.05) is 0 Å². The number of ether oxygens (including phenoxy) is 5. The Morgan fingerprint density at radius 2 is 0.643 bits per heavy atom. The molecule has 0 radical (unpaired) electrons. The molecule has 5 unspecified atom stereocenters. The fourth-order valence-corrected chi connectivity index (χ4v) is 1.95. The molecular weight excluding hydrogens is 376 g/mol. The second-order valence-corrected chi connectivity index (χ2v) is 7.11. The van der Waals surface area contributed by atoms with Gasteiger partial charge in [-0.2, -0.15) is 0 Å². The summed E-state index contributed by atoms with van der Waals surface area (Å²) in [6.45, 7) is 7.22. The fraction of sp³-hybridized carbons (Fsp3) is 1.00. The summed E-state index contributed by atoms with van der Waals surface area (Å²) in [4.78, 5) is 0. The minimum Gasteiger partial charge on any atom is -0.391 e. The summed E-state index contributed by atoms with van der Waals surface area (Å²) in [5.74, 6) is 0. The highest BCUT2D eigenvalue weighted by Gasteiger charge is 2.35. The lowest BCUT2D eigenvalue weighted by molar-refractivity contribution is -0.298. The lowest BCUT2D eigenvalue weighted by Crippen LogP contribution is -2.48. The molecule has 0 aliphatic heterocycles. The third kappa shape index (κ3) is 14.6. The van der Waals surface area contributed by atoms with Gasteiger partial charge in [0, 0.05) is 0 Å². The molecule has 0 spiro atoms. The van der Waals surface area contributed by atoms with E-state index in [4.69, 9.17) is 23.7 Å². The summed E-state index contributed by atoms with van der Waals surface area (Å²) in [6, 6.07) is 0. The molecule has 10 nitrogen and oxygen atoms in total. The van der Waals surface area contributed by atoms with Gasteiger partial charge >= 0.3 is 0 Å². The molecule has 28 heavy (non-hydrogen) atoms. The SMILES string of the molecule is CC(O)COC(OCC(C)O)C(OCC(C)O)C(OCC(C)O)OCC(C)O. The van der Waals surface area contributed by atoms with Crippen LogP contribution in [0.2, 0.25) is 0 Å². The van der Waals surface area contributed by atoms with Crippen molar-refractivity contribution in [1.29, 1.82) is 0 Å². The highest BCUT2D eigenvalue weighted by atomic mass is 16.7. The molecule has 0 aromatic heterocycles. The molecule has 0 aliphatic rings. The van der Waals surface area contributed by atoms with Gasteiger partial charge in [-0.15, -0.1) is 0 Å². The third-order valence-electron chi connectivity index (χ3n) is 3.07. The van der Waals surface area contributed by atoms with E-state index in [2.05, 4.69) is 0 Å². The molecule has 0 bridgehead atoms. The number of aliphatic hydroxyl groups excluding tert-OH is 5. The maximum Gasteiger partial charge on any atom is 0.188 e. The lowest BCUT2D eigenvalue weighted by Gasteiger charge is -2.34. The first-order valence-corrected chi connectivity index (χ1v) is 9.51. The maximum atomic E-state index is 9.59. The first-order chi connectivity index (χ1) is 13.0. The van der Waals surface area contributed by atoms with Gasteiger partial charge in [0.2, 0.25) is 0 Å². The Labute approximate surface area is 166 Å². The van der Waals surface area contributed by atoms with Crippen LogP contribution in [0.4, 0.5) is 0 Å². The Bertz CT molecular complexity index is 310. The number of aliphatic hydroxyl groups is 5. The minimum atomic E-state index is -1.11. The molecule has 0 rings (SSSR count). The second kappa shape index (κ2) is 15.4. The topological polar surface area (TPSA) is 147 Å². The fourth-order valence-electron chi connectivity index (χ4n) is 1.95. The second-order valence-electron chi connectivity index (χ2n) is 7.11. The highest BCUT2D eigenvalue weighted by molar-refractivity contribution is 4.71. The van der Waals surface area contributed by atoms with Crippen LogP contribution in [0.1, 0.15) is 34.6 Å². The molecule has 0 aliphatic carbocycles. The van der Waals surface area contributed by atoms with Crippen LogP contribution < -0.4 is 0 Å². The number of hydrogen-bond acceptors (Lipinski definition) is 10. The van der Waals surface area contributed by atoms with Gasteiger partial charge in [-0.3, -0.25) is 0 Å². The molecule has 0 heterocycles. The Morgan fingerprint density at radius 1 is 0.429 bits per heavy atom. The molecule has 5 atom stereocenters. The summed E-state index contributed by atoms with van der Waals surface area (Å²) < 4.78 is 28.0. The third-order valence-corrected chi connectivity index (χ3v) is 3.07. The van der Waals surface area contributed by atoms with Gasteiger partial charge < -0.3 is 49.2 Å². The van der Waals surface area contributed by atoms with Crippen molar-refractivity contribution >= 4 is 0 Å². The zero-order valence-corrected chi connectivity index (χ0v) is 17.4. The maximum absolute atomic E-state index is 9.59. The van der Waals surface area contributed by atoms with Crippen molar-refractivity contribution in [3.05, 3.63) is 0 Å². The highest BCUT2D eigenvalue weighted by Crippen LogP contribution is 2.17. The largest absolute Gasteiger partial charge is 0.391 e. The normalized spacial score (nSPS) is 20.8. The van der Waals surface area contributed by atoms with Crippen molar-refractivity contribution in [1.82, 2.24) is 0 Å².